The van der Waals surface area contributed by atoms with Crippen molar-refractivity contribution in [3.8, 4) is 0 Å². The SMILES string of the molecule is CCCC(C)(NC(=O)/C=C/c1ccc(Cl)c(Cl)c1)C(=O)O. The summed E-state index contributed by atoms with van der Waals surface area (Å²) in [4.78, 5) is 23.1. The second-order valence-corrected chi connectivity index (χ2v) is 5.70. The first-order chi connectivity index (χ1) is 9.78. The van der Waals surface area contributed by atoms with Crippen LogP contribution >= 0.6 is 23.2 Å². The first-order valence-electron chi connectivity index (χ1n) is 6.47. The summed E-state index contributed by atoms with van der Waals surface area (Å²) in [5.74, 6) is -1.53. The molecule has 0 radical (unpaired) electrons. The summed E-state index contributed by atoms with van der Waals surface area (Å²) in [7, 11) is 0. The number of carboxylic acids is 1. The molecule has 0 saturated carbocycles. The van der Waals surface area contributed by atoms with Gasteiger partial charge in [-0.2, -0.15) is 0 Å². The third-order valence-corrected chi connectivity index (χ3v) is 3.73. The first-order valence-corrected chi connectivity index (χ1v) is 7.23. The third-order valence-electron chi connectivity index (χ3n) is 2.99. The number of halogens is 2. The summed E-state index contributed by atoms with van der Waals surface area (Å²) in [5.41, 5.74) is -0.569. The number of benzene rings is 1. The zero-order valence-corrected chi connectivity index (χ0v) is 13.3. The van der Waals surface area contributed by atoms with E-state index in [-0.39, 0.29) is 0 Å². The van der Waals surface area contributed by atoms with Gasteiger partial charge in [-0.3, -0.25) is 4.79 Å². The van der Waals surface area contributed by atoms with Crippen LogP contribution in [0.2, 0.25) is 10.0 Å². The smallest absolute Gasteiger partial charge is 0.329 e. The highest BCUT2D eigenvalue weighted by atomic mass is 35.5. The lowest BCUT2D eigenvalue weighted by atomic mass is 9.96. The van der Waals surface area contributed by atoms with Crippen LogP contribution in [0.4, 0.5) is 0 Å². The Morgan fingerprint density at radius 1 is 1.33 bits per heavy atom. The van der Waals surface area contributed by atoms with Crippen molar-refractivity contribution < 1.29 is 14.7 Å². The highest BCUT2D eigenvalue weighted by Gasteiger charge is 2.33. The molecule has 0 spiro atoms. The molecule has 6 heteroatoms. The van der Waals surface area contributed by atoms with E-state index in [0.717, 1.165) is 0 Å². The summed E-state index contributed by atoms with van der Waals surface area (Å²) in [6.07, 6.45) is 3.83. The normalized spacial score (nSPS) is 13.9. The van der Waals surface area contributed by atoms with Crippen molar-refractivity contribution in [3.63, 3.8) is 0 Å². The fourth-order valence-electron chi connectivity index (χ4n) is 1.82. The molecule has 1 aromatic rings. The number of carboxylic acid groups (broad SMARTS) is 1. The highest BCUT2D eigenvalue weighted by molar-refractivity contribution is 6.42. The quantitative estimate of drug-likeness (QED) is 0.781. The van der Waals surface area contributed by atoms with Crippen molar-refractivity contribution in [2.24, 2.45) is 0 Å². The third kappa shape index (κ3) is 5.06. The van der Waals surface area contributed by atoms with Crippen LogP contribution in [0.15, 0.2) is 24.3 Å². The van der Waals surface area contributed by atoms with E-state index in [2.05, 4.69) is 5.32 Å². The lowest BCUT2D eigenvalue weighted by molar-refractivity contribution is -0.146. The van der Waals surface area contributed by atoms with Crippen molar-refractivity contribution >= 4 is 41.2 Å². The number of hydrogen-bond acceptors (Lipinski definition) is 2. The molecule has 0 aliphatic rings. The van der Waals surface area contributed by atoms with Crippen LogP contribution in [-0.4, -0.2) is 22.5 Å². The van der Waals surface area contributed by atoms with E-state index < -0.39 is 17.4 Å². The number of carbonyl (C=O) groups is 2. The van der Waals surface area contributed by atoms with Gasteiger partial charge in [-0.1, -0.05) is 42.6 Å². The summed E-state index contributed by atoms with van der Waals surface area (Å²) in [5, 5.41) is 12.5. The molecule has 0 bridgehead atoms. The number of rotatable bonds is 6. The molecule has 4 nitrogen and oxygen atoms in total. The monoisotopic (exact) mass is 329 g/mol. The number of nitrogens with one attached hydrogen (secondary N) is 1. The fraction of sp³-hybridized carbons (Fsp3) is 0.333. The molecule has 0 fully saturated rings. The van der Waals surface area contributed by atoms with Crippen LogP contribution in [0.25, 0.3) is 6.08 Å². The van der Waals surface area contributed by atoms with Crippen LogP contribution in [-0.2, 0) is 9.59 Å². The van der Waals surface area contributed by atoms with Gasteiger partial charge in [0.2, 0.25) is 5.91 Å². The summed E-state index contributed by atoms with van der Waals surface area (Å²) < 4.78 is 0. The Hall–Kier alpha value is -1.52. The second-order valence-electron chi connectivity index (χ2n) is 4.88. The van der Waals surface area contributed by atoms with Crippen molar-refractivity contribution in [1.82, 2.24) is 5.32 Å². The minimum Gasteiger partial charge on any atom is -0.480 e. The maximum absolute atomic E-state index is 11.8. The molecule has 114 valence electrons. The Labute approximate surface area is 133 Å². The van der Waals surface area contributed by atoms with Gasteiger partial charge in [0.15, 0.2) is 0 Å². The lowest BCUT2D eigenvalue weighted by Gasteiger charge is -2.24. The van der Waals surface area contributed by atoms with E-state index in [0.29, 0.717) is 28.5 Å². The average molecular weight is 330 g/mol. The fourth-order valence-corrected chi connectivity index (χ4v) is 2.13. The van der Waals surface area contributed by atoms with Gasteiger partial charge in [-0.05, 0) is 37.1 Å². The maximum atomic E-state index is 11.8. The van der Waals surface area contributed by atoms with Crippen LogP contribution in [0.5, 0.6) is 0 Å². The van der Waals surface area contributed by atoms with Crippen molar-refractivity contribution in [2.75, 3.05) is 0 Å². The van der Waals surface area contributed by atoms with E-state index in [9.17, 15) is 14.7 Å². The number of hydrogen-bond donors (Lipinski definition) is 2. The maximum Gasteiger partial charge on any atom is 0.329 e. The van der Waals surface area contributed by atoms with Gasteiger partial charge in [0.25, 0.3) is 0 Å². The van der Waals surface area contributed by atoms with E-state index in [1.807, 2.05) is 6.92 Å². The molecule has 1 atom stereocenters. The molecular weight excluding hydrogens is 313 g/mol. The summed E-state index contributed by atoms with van der Waals surface area (Å²) in [6, 6.07) is 4.95. The molecule has 1 rings (SSSR count). The standard InChI is InChI=1S/C15H17Cl2NO3/c1-3-8-15(2,14(20)21)18-13(19)7-5-10-4-6-11(16)12(17)9-10/h4-7,9H,3,8H2,1-2H3,(H,18,19)(H,20,21)/b7-5+. The molecule has 0 saturated heterocycles. The average Bonchev–Trinajstić information content (AvgIpc) is 2.40. The van der Waals surface area contributed by atoms with E-state index in [1.54, 1.807) is 24.3 Å². The Morgan fingerprint density at radius 3 is 2.52 bits per heavy atom. The minimum absolute atomic E-state index is 0.356. The number of amides is 1. The molecule has 1 unspecified atom stereocenters. The minimum atomic E-state index is -1.27. The molecule has 0 aliphatic carbocycles. The molecule has 21 heavy (non-hydrogen) atoms. The van der Waals surface area contributed by atoms with Crippen molar-refractivity contribution in [3.05, 3.63) is 39.9 Å². The molecule has 1 aromatic carbocycles. The van der Waals surface area contributed by atoms with Crippen molar-refractivity contribution in [2.45, 2.75) is 32.2 Å². The van der Waals surface area contributed by atoms with Gasteiger partial charge in [0, 0.05) is 6.08 Å². The van der Waals surface area contributed by atoms with Gasteiger partial charge in [-0.15, -0.1) is 0 Å². The Kier molecular flexibility index (Phi) is 6.24. The van der Waals surface area contributed by atoms with E-state index >= 15 is 0 Å². The topological polar surface area (TPSA) is 66.4 Å². The van der Waals surface area contributed by atoms with Crippen LogP contribution in [0, 0.1) is 0 Å². The second kappa shape index (κ2) is 7.48. The Morgan fingerprint density at radius 2 is 2.00 bits per heavy atom. The largest absolute Gasteiger partial charge is 0.480 e. The van der Waals surface area contributed by atoms with Crippen LogP contribution in [0.1, 0.15) is 32.3 Å². The first kappa shape index (κ1) is 17.5. The molecule has 2 N–H and O–H groups in total. The van der Waals surface area contributed by atoms with Gasteiger partial charge in [-0.25, -0.2) is 4.79 Å². The van der Waals surface area contributed by atoms with Crippen LogP contribution in [0.3, 0.4) is 0 Å². The molecule has 1 amide bonds. The van der Waals surface area contributed by atoms with Gasteiger partial charge in [0.05, 0.1) is 10.0 Å². The Balaban J connectivity index is 2.78. The lowest BCUT2D eigenvalue weighted by Crippen LogP contribution is -2.51. The predicted molar refractivity (Wildman–Crippen MR) is 84.6 cm³/mol. The zero-order valence-electron chi connectivity index (χ0n) is 11.8. The molecule has 0 aromatic heterocycles. The van der Waals surface area contributed by atoms with Gasteiger partial charge in [0.1, 0.15) is 5.54 Å². The number of carbonyl (C=O) groups excluding carboxylic acids is 1. The zero-order chi connectivity index (χ0) is 16.0. The van der Waals surface area contributed by atoms with Crippen molar-refractivity contribution in [1.29, 1.82) is 0 Å². The molecule has 0 aliphatic heterocycles. The molecule has 0 heterocycles. The Bertz CT molecular complexity index is 572. The highest BCUT2D eigenvalue weighted by Crippen LogP contribution is 2.23. The number of aliphatic carboxylic acids is 1. The predicted octanol–water partition coefficient (Wildman–Crippen LogP) is 3.77. The molecular formula is C15H17Cl2NO3. The van der Waals surface area contributed by atoms with Crippen LogP contribution < -0.4 is 5.32 Å². The van der Waals surface area contributed by atoms with E-state index in [4.69, 9.17) is 23.2 Å². The van der Waals surface area contributed by atoms with Gasteiger partial charge < -0.3 is 10.4 Å². The van der Waals surface area contributed by atoms with Gasteiger partial charge >= 0.3 is 5.97 Å². The summed E-state index contributed by atoms with van der Waals surface area (Å²) in [6.45, 7) is 3.35. The van der Waals surface area contributed by atoms with E-state index in [1.165, 1.54) is 13.0 Å². The summed E-state index contributed by atoms with van der Waals surface area (Å²) >= 11 is 11.7.